The molecular weight excluding hydrogens is 436 g/mol. The van der Waals surface area contributed by atoms with E-state index in [9.17, 15) is 18.4 Å². The molecule has 1 amide bonds. The zero-order valence-electron chi connectivity index (χ0n) is 15.7. The second-order valence-corrected chi connectivity index (χ2v) is 8.36. The molecule has 1 aromatic carbocycles. The predicted molar refractivity (Wildman–Crippen MR) is 106 cm³/mol. The maximum atomic E-state index is 14.9. The van der Waals surface area contributed by atoms with Gasteiger partial charge in [0.05, 0.1) is 11.4 Å². The van der Waals surface area contributed by atoms with E-state index < -0.39 is 28.9 Å². The average Bonchev–Trinajstić information content (AvgIpc) is 3.05. The Balaban J connectivity index is 2.08. The van der Waals surface area contributed by atoms with Crippen LogP contribution in [0.3, 0.4) is 0 Å². The quantitative estimate of drug-likeness (QED) is 0.688. The molecule has 0 radical (unpaired) electrons. The number of halogens is 3. The van der Waals surface area contributed by atoms with Crippen molar-refractivity contribution in [1.29, 1.82) is 0 Å². The van der Waals surface area contributed by atoms with E-state index >= 15 is 0 Å². The van der Waals surface area contributed by atoms with E-state index in [1.807, 2.05) is 0 Å². The van der Waals surface area contributed by atoms with Gasteiger partial charge < -0.3 is 14.6 Å². The number of anilines is 3. The lowest BCUT2D eigenvalue weighted by molar-refractivity contribution is 0.0635. The van der Waals surface area contributed by atoms with Crippen LogP contribution in [0.4, 0.5) is 30.6 Å². The first kappa shape index (κ1) is 20.3. The fourth-order valence-corrected chi connectivity index (χ4v) is 3.35. The summed E-state index contributed by atoms with van der Waals surface area (Å²) in [5.41, 5.74) is -1.35. The molecule has 0 fully saturated rings. The molecule has 2 aromatic rings. The zero-order valence-corrected chi connectivity index (χ0v) is 17.2. The third-order valence-electron chi connectivity index (χ3n) is 4.13. The van der Waals surface area contributed by atoms with Crippen molar-refractivity contribution in [2.24, 2.45) is 0 Å². The second-order valence-electron chi connectivity index (χ2n) is 7.45. The van der Waals surface area contributed by atoms with E-state index in [2.05, 4.69) is 26.6 Å². The largest absolute Gasteiger partial charge is 0.444 e. The summed E-state index contributed by atoms with van der Waals surface area (Å²) in [4.78, 5) is 24.7. The number of benzene rings is 1. The summed E-state index contributed by atoms with van der Waals surface area (Å²) in [5.74, 6) is -1.74. The molecule has 6 nitrogen and oxygen atoms in total. The maximum Gasteiger partial charge on any atom is 0.412 e. The summed E-state index contributed by atoms with van der Waals surface area (Å²) >= 11 is 3.15. The summed E-state index contributed by atoms with van der Waals surface area (Å²) < 4.78 is 36.2. The fraction of sp³-hybridized carbons (Fsp3) is 0.368. The van der Waals surface area contributed by atoms with Crippen LogP contribution in [-0.2, 0) is 17.7 Å². The summed E-state index contributed by atoms with van der Waals surface area (Å²) in [6, 6.07) is 4.19. The third-order valence-corrected chi connectivity index (χ3v) is 4.62. The van der Waals surface area contributed by atoms with Crippen LogP contribution in [-0.4, -0.2) is 16.3 Å². The van der Waals surface area contributed by atoms with Gasteiger partial charge in [0.2, 0.25) is 5.82 Å². The fourth-order valence-electron chi connectivity index (χ4n) is 3.02. The van der Waals surface area contributed by atoms with Crippen molar-refractivity contribution in [3.8, 4) is 0 Å². The minimum Gasteiger partial charge on any atom is -0.444 e. The van der Waals surface area contributed by atoms with Crippen molar-refractivity contribution in [3.63, 3.8) is 0 Å². The number of amides is 1. The zero-order chi connectivity index (χ0) is 20.6. The summed E-state index contributed by atoms with van der Waals surface area (Å²) in [6.07, 6.45) is 0.311. The number of hydrogen-bond donors (Lipinski definition) is 2. The number of nitrogens with zero attached hydrogens (tertiary/aromatic N) is 1. The first-order chi connectivity index (χ1) is 13.1. The van der Waals surface area contributed by atoms with Crippen LogP contribution < -0.4 is 16.2 Å². The van der Waals surface area contributed by atoms with Crippen LogP contribution in [0.1, 0.15) is 32.9 Å². The third kappa shape index (κ3) is 4.19. The Morgan fingerprint density at radius 3 is 2.61 bits per heavy atom. The summed E-state index contributed by atoms with van der Waals surface area (Å²) in [6.45, 7) is 5.44. The molecule has 3 rings (SSSR count). The SMILES string of the molecule is CC(C)(C)OC(=O)Nc1c(Nc2ccc(Br)cc2F)c(F)c(=O)n2c1CCC2. The molecule has 28 heavy (non-hydrogen) atoms. The highest BCUT2D eigenvalue weighted by atomic mass is 79.9. The first-order valence-electron chi connectivity index (χ1n) is 8.74. The monoisotopic (exact) mass is 455 g/mol. The molecule has 0 aliphatic carbocycles. The highest BCUT2D eigenvalue weighted by Crippen LogP contribution is 2.34. The number of rotatable bonds is 3. The standard InChI is InChI=1S/C19H20BrF2N3O3/c1-19(2,3)28-18(27)24-15-13-5-4-8-25(13)17(26)14(22)16(15)23-12-7-6-10(20)9-11(12)21/h6-7,9,23H,4-5,8H2,1-3H3,(H,24,27). The van der Waals surface area contributed by atoms with Crippen LogP contribution in [0.25, 0.3) is 0 Å². The molecule has 0 saturated heterocycles. The molecule has 0 saturated carbocycles. The maximum absolute atomic E-state index is 14.9. The Kier molecular flexibility index (Phi) is 5.47. The molecule has 1 aliphatic heterocycles. The van der Waals surface area contributed by atoms with Gasteiger partial charge in [-0.15, -0.1) is 0 Å². The number of ether oxygens (including phenoxy) is 1. The number of hydrogen-bond acceptors (Lipinski definition) is 4. The van der Waals surface area contributed by atoms with Crippen LogP contribution in [0.2, 0.25) is 0 Å². The van der Waals surface area contributed by atoms with Gasteiger partial charge in [-0.25, -0.2) is 9.18 Å². The smallest absolute Gasteiger partial charge is 0.412 e. The van der Waals surface area contributed by atoms with Gasteiger partial charge in [-0.3, -0.25) is 10.1 Å². The van der Waals surface area contributed by atoms with E-state index in [1.54, 1.807) is 26.8 Å². The van der Waals surface area contributed by atoms with E-state index in [4.69, 9.17) is 4.74 Å². The van der Waals surface area contributed by atoms with Crippen LogP contribution in [0.5, 0.6) is 0 Å². The minimum absolute atomic E-state index is 0.0308. The van der Waals surface area contributed by atoms with Crippen molar-refractivity contribution in [3.05, 3.63) is 50.4 Å². The topological polar surface area (TPSA) is 72.4 Å². The number of carbonyl (C=O) groups excluding carboxylic acids is 1. The van der Waals surface area contributed by atoms with Crippen molar-refractivity contribution < 1.29 is 18.3 Å². The number of carbonyl (C=O) groups is 1. The van der Waals surface area contributed by atoms with Crippen LogP contribution in [0, 0.1) is 11.6 Å². The van der Waals surface area contributed by atoms with Gasteiger partial charge in [-0.05, 0) is 51.8 Å². The second kappa shape index (κ2) is 7.54. The summed E-state index contributed by atoms with van der Waals surface area (Å²) in [5, 5.41) is 5.15. The lowest BCUT2D eigenvalue weighted by Gasteiger charge is -2.22. The summed E-state index contributed by atoms with van der Waals surface area (Å²) in [7, 11) is 0. The van der Waals surface area contributed by atoms with Crippen LogP contribution in [0.15, 0.2) is 27.5 Å². The lowest BCUT2D eigenvalue weighted by Crippen LogP contribution is -2.30. The molecule has 1 aromatic heterocycles. The van der Waals surface area contributed by atoms with Crippen LogP contribution >= 0.6 is 15.9 Å². The normalized spacial score (nSPS) is 13.2. The molecule has 0 bridgehead atoms. The molecule has 1 aliphatic rings. The van der Waals surface area contributed by atoms with Crippen molar-refractivity contribution in [1.82, 2.24) is 4.57 Å². The molecule has 0 atom stereocenters. The Labute approximate surface area is 169 Å². The lowest BCUT2D eigenvalue weighted by atomic mass is 10.2. The van der Waals surface area contributed by atoms with Gasteiger partial charge >= 0.3 is 6.09 Å². The Hall–Kier alpha value is -2.42. The molecule has 150 valence electrons. The molecule has 2 N–H and O–H groups in total. The van der Waals surface area contributed by atoms with Crippen molar-refractivity contribution >= 4 is 39.1 Å². The van der Waals surface area contributed by atoms with Crippen molar-refractivity contribution in [2.75, 3.05) is 10.6 Å². The van der Waals surface area contributed by atoms with Gasteiger partial charge in [-0.2, -0.15) is 4.39 Å². The molecule has 0 unspecified atom stereocenters. The number of nitrogens with one attached hydrogen (secondary N) is 2. The van der Waals surface area contributed by atoms with Gasteiger partial charge in [0, 0.05) is 16.7 Å². The average molecular weight is 456 g/mol. The Bertz CT molecular complexity index is 999. The highest BCUT2D eigenvalue weighted by molar-refractivity contribution is 9.10. The molecule has 0 spiro atoms. The van der Waals surface area contributed by atoms with E-state index in [-0.39, 0.29) is 17.1 Å². The number of aromatic nitrogens is 1. The Morgan fingerprint density at radius 1 is 1.25 bits per heavy atom. The highest BCUT2D eigenvalue weighted by Gasteiger charge is 2.28. The van der Waals surface area contributed by atoms with E-state index in [1.165, 1.54) is 16.7 Å². The molecular formula is C19H20BrF2N3O3. The Morgan fingerprint density at radius 2 is 1.96 bits per heavy atom. The number of fused-ring (bicyclic) bond motifs is 1. The van der Waals surface area contributed by atoms with Gasteiger partial charge in [-0.1, -0.05) is 15.9 Å². The van der Waals surface area contributed by atoms with E-state index in [0.29, 0.717) is 29.6 Å². The van der Waals surface area contributed by atoms with Crippen molar-refractivity contribution in [2.45, 2.75) is 45.8 Å². The first-order valence-corrected chi connectivity index (χ1v) is 9.53. The van der Waals surface area contributed by atoms with Gasteiger partial charge in [0.1, 0.15) is 17.1 Å². The van der Waals surface area contributed by atoms with Gasteiger partial charge in [0.15, 0.2) is 0 Å². The number of pyridine rings is 1. The predicted octanol–water partition coefficient (Wildman–Crippen LogP) is 4.93. The minimum atomic E-state index is -1.10. The molecule has 2 heterocycles. The molecule has 9 heteroatoms. The van der Waals surface area contributed by atoms with E-state index in [0.717, 1.165) is 0 Å². The van der Waals surface area contributed by atoms with Gasteiger partial charge in [0.25, 0.3) is 5.56 Å².